The molecule has 3 atom stereocenters. The predicted octanol–water partition coefficient (Wildman–Crippen LogP) is 6.62. The lowest BCUT2D eigenvalue weighted by Crippen LogP contribution is -2.35. The molecule has 2 aromatic heterocycles. The van der Waals surface area contributed by atoms with Crippen LogP contribution >= 0.6 is 23.2 Å². The summed E-state index contributed by atoms with van der Waals surface area (Å²) in [7, 11) is 3.14. The van der Waals surface area contributed by atoms with Crippen LogP contribution in [0.1, 0.15) is 60.5 Å². The lowest BCUT2D eigenvalue weighted by atomic mass is 9.94. The van der Waals surface area contributed by atoms with E-state index in [1.165, 1.54) is 7.11 Å². The molecule has 52 heavy (non-hydrogen) atoms. The van der Waals surface area contributed by atoms with Crippen LogP contribution in [0.3, 0.4) is 0 Å². The number of aliphatic carboxylic acids is 1. The number of benzene rings is 2. The molecular formula is C39H41Cl2N5O6. The number of carbonyl (C=O) groups excluding carboxylic acids is 1. The molecule has 2 saturated heterocycles. The summed E-state index contributed by atoms with van der Waals surface area (Å²) in [5.41, 5.74) is 7.21. The van der Waals surface area contributed by atoms with Crippen molar-refractivity contribution in [3.8, 4) is 40.0 Å². The number of methoxy groups -OCH3 is 2. The average molecular weight is 747 g/mol. The van der Waals surface area contributed by atoms with Crippen molar-refractivity contribution >= 4 is 35.1 Å². The van der Waals surface area contributed by atoms with E-state index < -0.39 is 12.0 Å². The van der Waals surface area contributed by atoms with Crippen molar-refractivity contribution in [3.63, 3.8) is 0 Å². The highest BCUT2D eigenvalue weighted by molar-refractivity contribution is 6.36. The van der Waals surface area contributed by atoms with Gasteiger partial charge in [-0.2, -0.15) is 4.98 Å². The Morgan fingerprint density at radius 3 is 2.48 bits per heavy atom. The summed E-state index contributed by atoms with van der Waals surface area (Å²) in [6.07, 6.45) is 4.04. The molecular weight excluding hydrogens is 705 g/mol. The highest BCUT2D eigenvalue weighted by Gasteiger charge is 2.32. The second-order valence-electron chi connectivity index (χ2n) is 13.4. The molecule has 0 spiro atoms. The zero-order valence-corrected chi connectivity index (χ0v) is 30.6. The van der Waals surface area contributed by atoms with E-state index in [-0.39, 0.29) is 23.9 Å². The van der Waals surface area contributed by atoms with Gasteiger partial charge in [-0.3, -0.25) is 14.5 Å². The number of aromatic nitrogens is 2. The maximum atomic E-state index is 11.7. The quantitative estimate of drug-likeness (QED) is 0.137. The van der Waals surface area contributed by atoms with Crippen molar-refractivity contribution in [1.82, 2.24) is 25.5 Å². The molecule has 4 aromatic rings. The number of carbonyl (C=O) groups is 2. The number of pyridine rings is 2. The zero-order valence-electron chi connectivity index (χ0n) is 29.1. The molecule has 2 aromatic carbocycles. The van der Waals surface area contributed by atoms with Gasteiger partial charge < -0.3 is 30.0 Å². The Morgan fingerprint density at radius 1 is 0.942 bits per heavy atom. The second-order valence-corrected chi connectivity index (χ2v) is 14.2. The van der Waals surface area contributed by atoms with Crippen LogP contribution < -0.4 is 24.8 Å². The molecule has 4 heterocycles. The van der Waals surface area contributed by atoms with E-state index >= 15 is 0 Å². The van der Waals surface area contributed by atoms with E-state index in [0.717, 1.165) is 59.1 Å². The van der Waals surface area contributed by atoms with Gasteiger partial charge in [-0.25, -0.2) is 4.98 Å². The SMILES string of the molecule is COc1nc(-c2cccc(-c3cccc4c3CC[C@@H]4Oc3nc(OC)c(CN4CCC[C@H]4C(=O)O)cc3Cl)c2Cl)ccc1CNC[C@@H]1CCC(=O)N1. The van der Waals surface area contributed by atoms with Gasteiger partial charge in [-0.05, 0) is 67.5 Å². The summed E-state index contributed by atoms with van der Waals surface area (Å²) >= 11 is 13.9. The van der Waals surface area contributed by atoms with Crippen LogP contribution in [0.4, 0.5) is 0 Å². The highest BCUT2D eigenvalue weighted by atomic mass is 35.5. The van der Waals surface area contributed by atoms with Gasteiger partial charge in [0.15, 0.2) is 0 Å². The summed E-state index contributed by atoms with van der Waals surface area (Å²) in [4.78, 5) is 34.6. The molecule has 13 heteroatoms. The van der Waals surface area contributed by atoms with Crippen molar-refractivity contribution in [2.24, 2.45) is 0 Å². The third-order valence-electron chi connectivity index (χ3n) is 10.2. The Morgan fingerprint density at radius 2 is 1.71 bits per heavy atom. The molecule has 7 rings (SSSR count). The number of nitrogens with zero attached hydrogens (tertiary/aromatic N) is 3. The standard InChI is InChI=1S/C39H41Cl2N5O6/c1-50-36-22(19-42-20-24-12-16-34(47)43-24)11-14-31(44-36)29-9-4-8-28(35(29)41)25-6-3-7-27-26(25)13-15-33(27)52-38-30(40)18-23(37(45-38)51-2)21-46-17-5-10-32(46)39(48)49/h3-4,6-9,11,14,18,24,32-33,42H,5,10,12-13,15-17,19-21H2,1-2H3,(H,43,47)(H,48,49)/t24-,32-,33-/m0/s1. The number of carboxylic acids is 1. The largest absolute Gasteiger partial charge is 0.481 e. The van der Waals surface area contributed by atoms with Crippen LogP contribution in [0.2, 0.25) is 10.0 Å². The average Bonchev–Trinajstić information content (AvgIpc) is 3.90. The number of amides is 1. The van der Waals surface area contributed by atoms with Crippen molar-refractivity contribution in [2.45, 2.75) is 69.8 Å². The van der Waals surface area contributed by atoms with Gasteiger partial charge >= 0.3 is 5.97 Å². The van der Waals surface area contributed by atoms with Crippen LogP contribution in [0.15, 0.2) is 54.6 Å². The molecule has 11 nitrogen and oxygen atoms in total. The van der Waals surface area contributed by atoms with Gasteiger partial charge in [0.2, 0.25) is 23.5 Å². The van der Waals surface area contributed by atoms with Crippen molar-refractivity contribution in [2.75, 3.05) is 27.3 Å². The number of hydrogen-bond acceptors (Lipinski definition) is 9. The molecule has 2 fully saturated rings. The fraction of sp³-hybridized carbons (Fsp3) is 0.385. The number of likely N-dealkylation sites (tertiary alicyclic amines) is 1. The summed E-state index contributed by atoms with van der Waals surface area (Å²) in [5, 5.41) is 16.9. The van der Waals surface area contributed by atoms with Crippen molar-refractivity contribution in [1.29, 1.82) is 0 Å². The smallest absolute Gasteiger partial charge is 0.320 e. The van der Waals surface area contributed by atoms with Crippen LogP contribution in [0.25, 0.3) is 22.4 Å². The highest BCUT2D eigenvalue weighted by Crippen LogP contribution is 2.45. The third kappa shape index (κ3) is 7.41. The predicted molar refractivity (Wildman–Crippen MR) is 198 cm³/mol. The van der Waals surface area contributed by atoms with Crippen LogP contribution in [0.5, 0.6) is 17.6 Å². The number of fused-ring (bicyclic) bond motifs is 1. The number of carboxylic acid groups (broad SMARTS) is 1. The van der Waals surface area contributed by atoms with E-state index in [9.17, 15) is 14.7 Å². The lowest BCUT2D eigenvalue weighted by Gasteiger charge is -2.23. The van der Waals surface area contributed by atoms with Gasteiger partial charge in [0, 0.05) is 54.4 Å². The zero-order chi connectivity index (χ0) is 36.4. The topological polar surface area (TPSA) is 135 Å². The lowest BCUT2D eigenvalue weighted by molar-refractivity contribution is -0.142. The Bertz CT molecular complexity index is 1990. The number of rotatable bonds is 13. The molecule has 0 bridgehead atoms. The van der Waals surface area contributed by atoms with Gasteiger partial charge in [0.1, 0.15) is 17.2 Å². The summed E-state index contributed by atoms with van der Waals surface area (Å²) in [5.74, 6) is 0.415. The minimum absolute atomic E-state index is 0.0982. The molecule has 272 valence electrons. The fourth-order valence-electron chi connectivity index (χ4n) is 7.59. The summed E-state index contributed by atoms with van der Waals surface area (Å²) < 4.78 is 17.7. The number of ether oxygens (including phenoxy) is 3. The van der Waals surface area contributed by atoms with Gasteiger partial charge in [-0.1, -0.05) is 65.7 Å². The number of hydrogen-bond donors (Lipinski definition) is 3. The first-order chi connectivity index (χ1) is 25.2. The molecule has 3 N–H and O–H groups in total. The number of nitrogens with one attached hydrogen (secondary N) is 2. The minimum Gasteiger partial charge on any atom is -0.481 e. The fourth-order valence-corrected chi connectivity index (χ4v) is 8.13. The van der Waals surface area contributed by atoms with Crippen LogP contribution in [-0.2, 0) is 29.1 Å². The van der Waals surface area contributed by atoms with Crippen molar-refractivity contribution < 1.29 is 28.9 Å². The van der Waals surface area contributed by atoms with E-state index in [0.29, 0.717) is 72.1 Å². The van der Waals surface area contributed by atoms with Crippen LogP contribution in [0, 0.1) is 0 Å². The third-order valence-corrected chi connectivity index (χ3v) is 10.8. The first-order valence-corrected chi connectivity index (χ1v) is 18.3. The van der Waals surface area contributed by atoms with Gasteiger partial charge in [0.05, 0.1) is 24.9 Å². The Hall–Kier alpha value is -4.42. The maximum Gasteiger partial charge on any atom is 0.320 e. The summed E-state index contributed by atoms with van der Waals surface area (Å²) in [6.45, 7) is 2.29. The molecule has 2 aliphatic heterocycles. The molecule has 0 saturated carbocycles. The van der Waals surface area contributed by atoms with E-state index in [2.05, 4.69) is 27.8 Å². The number of halogens is 2. The van der Waals surface area contributed by atoms with Gasteiger partial charge in [-0.15, -0.1) is 0 Å². The summed E-state index contributed by atoms with van der Waals surface area (Å²) in [6, 6.07) is 17.4. The molecule has 1 aliphatic carbocycles. The van der Waals surface area contributed by atoms with Crippen molar-refractivity contribution in [3.05, 3.63) is 86.9 Å². The molecule has 1 amide bonds. The first-order valence-electron chi connectivity index (χ1n) is 17.6. The maximum absolute atomic E-state index is 11.7. The van der Waals surface area contributed by atoms with Crippen LogP contribution in [-0.4, -0.2) is 71.2 Å². The monoisotopic (exact) mass is 745 g/mol. The second kappa shape index (κ2) is 15.7. The molecule has 0 unspecified atom stereocenters. The normalized spacial score (nSPS) is 19.8. The van der Waals surface area contributed by atoms with E-state index in [1.807, 2.05) is 41.3 Å². The molecule has 3 aliphatic rings. The Labute approximate surface area is 312 Å². The van der Waals surface area contributed by atoms with E-state index in [1.54, 1.807) is 13.2 Å². The van der Waals surface area contributed by atoms with E-state index in [4.69, 9.17) is 42.4 Å². The Balaban J connectivity index is 1.09. The van der Waals surface area contributed by atoms with Gasteiger partial charge in [0.25, 0.3) is 0 Å². The Kier molecular flexibility index (Phi) is 10.8. The minimum atomic E-state index is -0.827. The first kappa shape index (κ1) is 36.0. The molecule has 0 radical (unpaired) electrons.